The zero-order chi connectivity index (χ0) is 20.3. The molecule has 6 nitrogen and oxygen atoms in total. The number of amides is 2. The Morgan fingerprint density at radius 1 is 1.11 bits per heavy atom. The molecule has 28 heavy (non-hydrogen) atoms. The largest absolute Gasteiger partial charge is 0.496 e. The van der Waals surface area contributed by atoms with Crippen LogP contribution in [0.25, 0.3) is 0 Å². The minimum absolute atomic E-state index is 0.00576. The quantitative estimate of drug-likeness (QED) is 0.770. The van der Waals surface area contributed by atoms with Crippen LogP contribution in [0, 0.1) is 5.92 Å². The van der Waals surface area contributed by atoms with Gasteiger partial charge in [-0.2, -0.15) is 0 Å². The normalized spacial score (nSPS) is 21.1. The molecule has 0 N–H and O–H groups in total. The molecule has 3 rings (SSSR count). The molecule has 2 heterocycles. The number of nitrogens with zero attached hydrogens (tertiary/aromatic N) is 3. The number of likely N-dealkylation sites (tertiary alicyclic amines) is 2. The van der Waals surface area contributed by atoms with E-state index in [-0.39, 0.29) is 17.7 Å². The van der Waals surface area contributed by atoms with E-state index >= 15 is 0 Å². The standard InChI is InChI=1S/C21H30ClN3O3/c1-23(2)17-5-4-10-25(14-17)20(26)15-8-11-24(12-9-15)21(27)18-13-16(22)6-7-19(18)28-3/h6-7,13,15,17H,4-5,8-12,14H2,1-3H3. The van der Waals surface area contributed by atoms with Gasteiger partial charge >= 0.3 is 0 Å². The van der Waals surface area contributed by atoms with Gasteiger partial charge in [-0.25, -0.2) is 0 Å². The molecule has 0 bridgehead atoms. The highest BCUT2D eigenvalue weighted by Gasteiger charge is 2.33. The Balaban J connectivity index is 1.59. The SMILES string of the molecule is COc1ccc(Cl)cc1C(=O)N1CCC(C(=O)N2CCCC(N(C)C)C2)CC1. The number of carbonyl (C=O) groups excluding carboxylic acids is 2. The lowest BCUT2D eigenvalue weighted by Crippen LogP contribution is -2.51. The van der Waals surface area contributed by atoms with Crippen LogP contribution < -0.4 is 4.74 Å². The van der Waals surface area contributed by atoms with Crippen molar-refractivity contribution in [2.75, 3.05) is 47.4 Å². The third-order valence-corrected chi connectivity index (χ3v) is 6.20. The fourth-order valence-electron chi connectivity index (χ4n) is 4.18. The number of hydrogen-bond acceptors (Lipinski definition) is 4. The maximum Gasteiger partial charge on any atom is 0.257 e. The molecule has 1 aromatic carbocycles. The molecule has 2 aliphatic rings. The number of carbonyl (C=O) groups is 2. The van der Waals surface area contributed by atoms with Gasteiger partial charge < -0.3 is 19.4 Å². The smallest absolute Gasteiger partial charge is 0.257 e. The van der Waals surface area contributed by atoms with E-state index in [1.807, 2.05) is 4.90 Å². The molecule has 0 aromatic heterocycles. The van der Waals surface area contributed by atoms with E-state index in [1.165, 1.54) is 0 Å². The number of ether oxygens (including phenoxy) is 1. The summed E-state index contributed by atoms with van der Waals surface area (Å²) in [7, 11) is 5.70. The first-order chi connectivity index (χ1) is 13.4. The van der Waals surface area contributed by atoms with Crippen LogP contribution in [-0.4, -0.2) is 79.9 Å². The fourth-order valence-corrected chi connectivity index (χ4v) is 4.35. The molecular weight excluding hydrogens is 378 g/mol. The summed E-state index contributed by atoms with van der Waals surface area (Å²) in [4.78, 5) is 31.9. The second-order valence-corrected chi connectivity index (χ2v) is 8.39. The molecule has 7 heteroatoms. The highest BCUT2D eigenvalue weighted by atomic mass is 35.5. The molecule has 1 atom stereocenters. The molecular formula is C21H30ClN3O3. The van der Waals surface area contributed by atoms with Crippen molar-refractivity contribution in [3.05, 3.63) is 28.8 Å². The minimum atomic E-state index is -0.0871. The van der Waals surface area contributed by atoms with Crippen molar-refractivity contribution < 1.29 is 14.3 Å². The van der Waals surface area contributed by atoms with E-state index in [0.717, 1.165) is 25.9 Å². The molecule has 2 fully saturated rings. The summed E-state index contributed by atoms with van der Waals surface area (Å²) >= 11 is 6.06. The Bertz CT molecular complexity index is 717. The van der Waals surface area contributed by atoms with Gasteiger partial charge in [-0.05, 0) is 58.0 Å². The van der Waals surface area contributed by atoms with Crippen LogP contribution in [0.2, 0.25) is 5.02 Å². The van der Waals surface area contributed by atoms with Crippen LogP contribution in [0.15, 0.2) is 18.2 Å². The van der Waals surface area contributed by atoms with Crippen molar-refractivity contribution in [3.63, 3.8) is 0 Å². The van der Waals surface area contributed by atoms with E-state index in [9.17, 15) is 9.59 Å². The van der Waals surface area contributed by atoms with Gasteiger partial charge in [0.25, 0.3) is 5.91 Å². The number of likely N-dealkylation sites (N-methyl/N-ethyl adjacent to an activating group) is 1. The summed E-state index contributed by atoms with van der Waals surface area (Å²) in [6.07, 6.45) is 3.61. The van der Waals surface area contributed by atoms with Gasteiger partial charge in [0, 0.05) is 43.2 Å². The van der Waals surface area contributed by atoms with Crippen molar-refractivity contribution >= 4 is 23.4 Å². The zero-order valence-electron chi connectivity index (χ0n) is 17.0. The van der Waals surface area contributed by atoms with E-state index in [0.29, 0.717) is 48.3 Å². The third-order valence-electron chi connectivity index (χ3n) is 5.96. The zero-order valence-corrected chi connectivity index (χ0v) is 17.7. The summed E-state index contributed by atoms with van der Waals surface area (Å²) < 4.78 is 5.31. The van der Waals surface area contributed by atoms with Crippen LogP contribution in [0.5, 0.6) is 5.75 Å². The van der Waals surface area contributed by atoms with Gasteiger partial charge in [-0.3, -0.25) is 9.59 Å². The van der Waals surface area contributed by atoms with E-state index in [4.69, 9.17) is 16.3 Å². The van der Waals surface area contributed by atoms with Gasteiger partial charge in [-0.15, -0.1) is 0 Å². The van der Waals surface area contributed by atoms with E-state index < -0.39 is 0 Å². The second kappa shape index (κ2) is 9.14. The topological polar surface area (TPSA) is 53.1 Å². The third kappa shape index (κ3) is 4.61. The van der Waals surface area contributed by atoms with E-state index in [1.54, 1.807) is 30.2 Å². The molecule has 1 unspecified atom stereocenters. The molecule has 2 amide bonds. The number of piperidine rings is 2. The van der Waals surface area contributed by atoms with Crippen LogP contribution in [0.4, 0.5) is 0 Å². The average Bonchev–Trinajstić information content (AvgIpc) is 2.72. The Labute approximate surface area is 172 Å². The number of benzene rings is 1. The Kier molecular flexibility index (Phi) is 6.83. The average molecular weight is 408 g/mol. The lowest BCUT2D eigenvalue weighted by atomic mass is 9.93. The Hall–Kier alpha value is -1.79. The summed E-state index contributed by atoms with van der Waals surface area (Å²) in [5, 5.41) is 0.509. The maximum absolute atomic E-state index is 13.0. The van der Waals surface area contributed by atoms with Crippen molar-refractivity contribution in [2.45, 2.75) is 31.7 Å². The van der Waals surface area contributed by atoms with Crippen LogP contribution in [0.3, 0.4) is 0 Å². The molecule has 2 aliphatic heterocycles. The van der Waals surface area contributed by atoms with Gasteiger partial charge in [0.2, 0.25) is 5.91 Å². The van der Waals surface area contributed by atoms with Crippen LogP contribution in [-0.2, 0) is 4.79 Å². The molecule has 154 valence electrons. The lowest BCUT2D eigenvalue weighted by molar-refractivity contribution is -0.138. The van der Waals surface area contributed by atoms with Crippen molar-refractivity contribution in [1.82, 2.24) is 14.7 Å². The van der Waals surface area contributed by atoms with Crippen molar-refractivity contribution in [3.8, 4) is 5.75 Å². The number of methoxy groups -OCH3 is 1. The summed E-state index contributed by atoms with van der Waals surface area (Å²) in [5.41, 5.74) is 0.477. The Morgan fingerprint density at radius 2 is 1.82 bits per heavy atom. The summed E-state index contributed by atoms with van der Waals surface area (Å²) in [6.45, 7) is 2.82. The van der Waals surface area contributed by atoms with Crippen LogP contribution >= 0.6 is 11.6 Å². The van der Waals surface area contributed by atoms with Gasteiger partial charge in [0.1, 0.15) is 5.75 Å². The van der Waals surface area contributed by atoms with Gasteiger partial charge in [-0.1, -0.05) is 11.6 Å². The molecule has 0 aliphatic carbocycles. The predicted octanol–water partition coefficient (Wildman–Crippen LogP) is 2.75. The minimum Gasteiger partial charge on any atom is -0.496 e. The van der Waals surface area contributed by atoms with Crippen LogP contribution in [0.1, 0.15) is 36.0 Å². The fraction of sp³-hybridized carbons (Fsp3) is 0.619. The van der Waals surface area contributed by atoms with Gasteiger partial charge in [0.05, 0.1) is 12.7 Å². The maximum atomic E-state index is 13.0. The van der Waals surface area contributed by atoms with Gasteiger partial charge in [0.15, 0.2) is 0 Å². The lowest BCUT2D eigenvalue weighted by Gasteiger charge is -2.39. The summed E-state index contributed by atoms with van der Waals surface area (Å²) in [6, 6.07) is 5.51. The van der Waals surface area contributed by atoms with Crippen molar-refractivity contribution in [2.24, 2.45) is 5.92 Å². The number of hydrogen-bond donors (Lipinski definition) is 0. The molecule has 0 spiro atoms. The number of rotatable bonds is 4. The van der Waals surface area contributed by atoms with E-state index in [2.05, 4.69) is 19.0 Å². The second-order valence-electron chi connectivity index (χ2n) is 7.95. The van der Waals surface area contributed by atoms with Crippen molar-refractivity contribution in [1.29, 1.82) is 0 Å². The Morgan fingerprint density at radius 3 is 2.46 bits per heavy atom. The summed E-state index contributed by atoms with van der Waals surface area (Å²) in [5.74, 6) is 0.691. The highest BCUT2D eigenvalue weighted by Crippen LogP contribution is 2.27. The number of halogens is 1. The molecule has 0 radical (unpaired) electrons. The first-order valence-electron chi connectivity index (χ1n) is 9.98. The first-order valence-corrected chi connectivity index (χ1v) is 10.4. The molecule has 1 aromatic rings. The monoisotopic (exact) mass is 407 g/mol. The highest BCUT2D eigenvalue weighted by molar-refractivity contribution is 6.31. The molecule has 0 saturated carbocycles. The first kappa shape index (κ1) is 20.9. The molecule has 2 saturated heterocycles. The predicted molar refractivity (Wildman–Crippen MR) is 110 cm³/mol.